The zero-order valence-corrected chi connectivity index (χ0v) is 10.2. The van der Waals surface area contributed by atoms with Crippen molar-refractivity contribution in [1.29, 1.82) is 10.5 Å². The van der Waals surface area contributed by atoms with E-state index in [1.807, 2.05) is 0 Å². The maximum Gasteiger partial charge on any atom is 0.183 e. The molecule has 1 saturated carbocycles. The minimum Gasteiger partial charge on any atom is -0.223 e. The number of rotatable bonds is 2. The van der Waals surface area contributed by atoms with Crippen LogP contribution in [-0.2, 0) is 9.84 Å². The Bertz CT molecular complexity index is 624. The number of hydrogen-bond acceptors (Lipinski definition) is 4. The molecule has 0 aliphatic heterocycles. The zero-order chi connectivity index (χ0) is 12.7. The highest BCUT2D eigenvalue weighted by Gasteiger charge is 2.63. The summed E-state index contributed by atoms with van der Waals surface area (Å²) in [6.45, 7) is 0. The first-order chi connectivity index (χ1) is 7.96. The van der Waals surface area contributed by atoms with Gasteiger partial charge in [0.15, 0.2) is 15.3 Å². The molecule has 0 spiro atoms. The van der Waals surface area contributed by atoms with Gasteiger partial charge in [0.25, 0.3) is 0 Å². The molecule has 0 amide bonds. The first-order valence-electron chi connectivity index (χ1n) is 4.78. The van der Waals surface area contributed by atoms with E-state index >= 15 is 0 Å². The third-order valence-corrected chi connectivity index (χ3v) is 5.31. The minimum absolute atomic E-state index is 0.0744. The Morgan fingerprint density at radius 1 is 1.24 bits per heavy atom. The maximum absolute atomic E-state index is 12.1. The van der Waals surface area contributed by atoms with E-state index in [0.29, 0.717) is 5.02 Å². The summed E-state index contributed by atoms with van der Waals surface area (Å²) in [6.07, 6.45) is 0.0744. The Balaban J connectivity index is 2.39. The predicted octanol–water partition coefficient (Wildman–Crippen LogP) is 1.92. The van der Waals surface area contributed by atoms with Gasteiger partial charge < -0.3 is 0 Å². The summed E-state index contributed by atoms with van der Waals surface area (Å²) in [5.74, 6) is 0. The Labute approximate surface area is 104 Å². The molecule has 1 aromatic rings. The van der Waals surface area contributed by atoms with E-state index in [0.717, 1.165) is 0 Å². The molecule has 0 unspecified atom stereocenters. The summed E-state index contributed by atoms with van der Waals surface area (Å²) in [4.78, 5) is 0.0966. The molecule has 1 aliphatic rings. The van der Waals surface area contributed by atoms with Gasteiger partial charge in [0, 0.05) is 11.4 Å². The lowest BCUT2D eigenvalue weighted by atomic mass is 10.2. The Kier molecular flexibility index (Phi) is 2.61. The summed E-state index contributed by atoms with van der Waals surface area (Å²) in [7, 11) is -3.62. The van der Waals surface area contributed by atoms with Crippen LogP contribution in [0, 0.1) is 28.1 Å². The third kappa shape index (κ3) is 1.78. The summed E-state index contributed by atoms with van der Waals surface area (Å²) < 4.78 is 24.2. The fourth-order valence-electron chi connectivity index (χ4n) is 1.66. The second kappa shape index (κ2) is 3.73. The summed E-state index contributed by atoms with van der Waals surface area (Å²) in [6, 6.07) is 9.25. The average molecular weight is 267 g/mol. The first kappa shape index (κ1) is 11.9. The predicted molar refractivity (Wildman–Crippen MR) is 60.7 cm³/mol. The second-order valence-corrected chi connectivity index (χ2v) is 6.45. The maximum atomic E-state index is 12.1. The molecular formula is C11H7ClN2O2S. The smallest absolute Gasteiger partial charge is 0.183 e. The monoisotopic (exact) mass is 266 g/mol. The summed E-state index contributed by atoms with van der Waals surface area (Å²) in [5, 5.41) is 17.2. The molecule has 0 radical (unpaired) electrons. The highest BCUT2D eigenvalue weighted by molar-refractivity contribution is 7.92. The van der Waals surface area contributed by atoms with Crippen molar-refractivity contribution in [3.8, 4) is 12.1 Å². The van der Waals surface area contributed by atoms with Gasteiger partial charge in [0.05, 0.1) is 17.0 Å². The van der Waals surface area contributed by atoms with Crippen LogP contribution in [0.25, 0.3) is 0 Å². The van der Waals surface area contributed by atoms with Gasteiger partial charge >= 0.3 is 0 Å². The SMILES string of the molecule is N#CC1(C#N)C[C@H]1S(=O)(=O)c1ccc(Cl)cc1. The average Bonchev–Trinajstić information content (AvgIpc) is 3.06. The van der Waals surface area contributed by atoms with Gasteiger partial charge in [-0.3, -0.25) is 0 Å². The Hall–Kier alpha value is -1.56. The molecule has 1 fully saturated rings. The molecule has 0 saturated heterocycles. The molecule has 4 nitrogen and oxygen atoms in total. The van der Waals surface area contributed by atoms with Crippen LogP contribution in [0.1, 0.15) is 6.42 Å². The van der Waals surface area contributed by atoms with Gasteiger partial charge in [0.1, 0.15) is 5.25 Å². The summed E-state index contributed by atoms with van der Waals surface area (Å²) >= 11 is 5.67. The highest BCUT2D eigenvalue weighted by atomic mass is 35.5. The summed E-state index contributed by atoms with van der Waals surface area (Å²) in [5.41, 5.74) is -1.38. The fraction of sp³-hybridized carbons (Fsp3) is 0.273. The molecule has 86 valence electrons. The highest BCUT2D eigenvalue weighted by Crippen LogP contribution is 2.51. The van der Waals surface area contributed by atoms with Crippen molar-refractivity contribution in [3.05, 3.63) is 29.3 Å². The van der Waals surface area contributed by atoms with Crippen molar-refractivity contribution in [2.45, 2.75) is 16.6 Å². The molecule has 0 aromatic heterocycles. The molecule has 0 bridgehead atoms. The van der Waals surface area contributed by atoms with Crippen molar-refractivity contribution in [2.24, 2.45) is 5.41 Å². The Morgan fingerprint density at radius 3 is 2.18 bits per heavy atom. The molecule has 1 aliphatic carbocycles. The van der Waals surface area contributed by atoms with Crippen LogP contribution in [0.4, 0.5) is 0 Å². The molecular weight excluding hydrogens is 260 g/mol. The van der Waals surface area contributed by atoms with Crippen LogP contribution in [0.2, 0.25) is 5.02 Å². The lowest BCUT2D eigenvalue weighted by Gasteiger charge is -2.03. The van der Waals surface area contributed by atoms with Gasteiger partial charge in [-0.2, -0.15) is 10.5 Å². The van der Waals surface area contributed by atoms with Crippen LogP contribution in [-0.4, -0.2) is 13.7 Å². The second-order valence-electron chi connectivity index (χ2n) is 3.89. The normalized spacial score (nSPS) is 21.2. The van der Waals surface area contributed by atoms with E-state index in [9.17, 15) is 8.42 Å². The van der Waals surface area contributed by atoms with Crippen LogP contribution in [0.5, 0.6) is 0 Å². The lowest BCUT2D eigenvalue weighted by molar-refractivity contribution is 0.591. The molecule has 6 heteroatoms. The van der Waals surface area contributed by atoms with E-state index in [4.69, 9.17) is 22.1 Å². The van der Waals surface area contributed by atoms with Crippen LogP contribution >= 0.6 is 11.6 Å². The van der Waals surface area contributed by atoms with Crippen molar-refractivity contribution < 1.29 is 8.42 Å². The lowest BCUT2D eigenvalue weighted by Crippen LogP contribution is -2.14. The van der Waals surface area contributed by atoms with E-state index in [1.54, 1.807) is 12.1 Å². The van der Waals surface area contributed by atoms with Gasteiger partial charge in [-0.05, 0) is 24.3 Å². The van der Waals surface area contributed by atoms with Crippen LogP contribution in [0.3, 0.4) is 0 Å². The molecule has 0 N–H and O–H groups in total. The topological polar surface area (TPSA) is 81.7 Å². The molecule has 0 heterocycles. The van der Waals surface area contributed by atoms with Crippen molar-refractivity contribution >= 4 is 21.4 Å². The molecule has 1 atom stereocenters. The molecule has 2 rings (SSSR count). The Morgan fingerprint density at radius 2 is 1.76 bits per heavy atom. The van der Waals surface area contributed by atoms with Crippen LogP contribution < -0.4 is 0 Å². The first-order valence-corrected chi connectivity index (χ1v) is 6.71. The van der Waals surface area contributed by atoms with Gasteiger partial charge in [-0.25, -0.2) is 8.42 Å². The number of nitriles is 2. The fourth-order valence-corrected chi connectivity index (χ4v) is 3.74. The van der Waals surface area contributed by atoms with E-state index in [-0.39, 0.29) is 11.3 Å². The molecule has 1 aromatic carbocycles. The van der Waals surface area contributed by atoms with Gasteiger partial charge in [-0.15, -0.1) is 0 Å². The third-order valence-electron chi connectivity index (χ3n) is 2.81. The minimum atomic E-state index is -3.62. The van der Waals surface area contributed by atoms with E-state index < -0.39 is 20.5 Å². The number of halogens is 1. The largest absolute Gasteiger partial charge is 0.223 e. The van der Waals surface area contributed by atoms with Crippen molar-refractivity contribution in [2.75, 3.05) is 0 Å². The van der Waals surface area contributed by atoms with Gasteiger partial charge in [0.2, 0.25) is 0 Å². The van der Waals surface area contributed by atoms with Gasteiger partial charge in [-0.1, -0.05) is 11.6 Å². The van der Waals surface area contributed by atoms with Crippen molar-refractivity contribution in [1.82, 2.24) is 0 Å². The zero-order valence-electron chi connectivity index (χ0n) is 8.59. The van der Waals surface area contributed by atoms with Crippen LogP contribution in [0.15, 0.2) is 29.2 Å². The quantitative estimate of drug-likeness (QED) is 0.819. The molecule has 17 heavy (non-hydrogen) atoms. The number of nitrogens with zero attached hydrogens (tertiary/aromatic N) is 2. The number of hydrogen-bond donors (Lipinski definition) is 0. The standard InChI is InChI=1S/C11H7ClN2O2S/c12-8-1-3-9(4-2-8)17(15,16)10-5-11(10,6-13)7-14/h1-4,10H,5H2/t10-/m1/s1. The van der Waals surface area contributed by atoms with Crippen molar-refractivity contribution in [3.63, 3.8) is 0 Å². The van der Waals surface area contributed by atoms with E-state index in [2.05, 4.69) is 0 Å². The van der Waals surface area contributed by atoms with E-state index in [1.165, 1.54) is 24.3 Å². The number of benzene rings is 1. The number of sulfone groups is 1.